The molecular formula is C20H40N2. The molecule has 2 heteroatoms. The second kappa shape index (κ2) is 8.15. The predicted molar refractivity (Wildman–Crippen MR) is 97.1 cm³/mol. The molecule has 0 radical (unpaired) electrons. The van der Waals surface area contributed by atoms with Crippen LogP contribution in [0.3, 0.4) is 0 Å². The van der Waals surface area contributed by atoms with E-state index in [0.29, 0.717) is 17.0 Å². The third-order valence-corrected chi connectivity index (χ3v) is 6.65. The highest BCUT2D eigenvalue weighted by atomic mass is 15.3. The fourth-order valence-electron chi connectivity index (χ4n) is 4.51. The molecule has 0 aromatic carbocycles. The van der Waals surface area contributed by atoms with E-state index in [4.69, 9.17) is 5.73 Å². The Morgan fingerprint density at radius 3 is 2.00 bits per heavy atom. The molecule has 1 spiro atoms. The summed E-state index contributed by atoms with van der Waals surface area (Å²) < 4.78 is 0. The molecule has 1 heterocycles. The van der Waals surface area contributed by atoms with Gasteiger partial charge in [0, 0.05) is 30.1 Å². The topological polar surface area (TPSA) is 29.3 Å². The quantitative estimate of drug-likeness (QED) is 0.537. The minimum Gasteiger partial charge on any atom is -0.327 e. The lowest BCUT2D eigenvalue weighted by Crippen LogP contribution is -2.73. The zero-order chi connectivity index (χ0) is 16.1. The van der Waals surface area contributed by atoms with Crippen molar-refractivity contribution in [2.24, 2.45) is 11.1 Å². The first-order valence-corrected chi connectivity index (χ1v) is 10.1. The third-order valence-electron chi connectivity index (χ3n) is 6.65. The Morgan fingerprint density at radius 2 is 1.50 bits per heavy atom. The van der Waals surface area contributed by atoms with Crippen molar-refractivity contribution in [3.05, 3.63) is 0 Å². The van der Waals surface area contributed by atoms with Crippen LogP contribution in [0, 0.1) is 5.41 Å². The van der Waals surface area contributed by atoms with Gasteiger partial charge in [0.2, 0.25) is 0 Å². The van der Waals surface area contributed by atoms with Gasteiger partial charge < -0.3 is 5.73 Å². The largest absolute Gasteiger partial charge is 0.327 e. The standard InChI is InChI=1S/C20H40N2/c1-4-6-8-9-11-14-19(3,13-10-7-5-2)22-16-20(17-22)15-12-18(20)21/h18H,4-17,21H2,1-3H3. The molecule has 1 aliphatic heterocycles. The summed E-state index contributed by atoms with van der Waals surface area (Å²) >= 11 is 0. The molecule has 130 valence electrons. The number of unbranched alkanes of at least 4 members (excludes halogenated alkanes) is 6. The lowest BCUT2D eigenvalue weighted by atomic mass is 9.58. The average molecular weight is 309 g/mol. The van der Waals surface area contributed by atoms with Gasteiger partial charge in [0.1, 0.15) is 0 Å². The molecule has 2 unspecified atom stereocenters. The van der Waals surface area contributed by atoms with Crippen LogP contribution in [0.1, 0.15) is 97.8 Å². The molecule has 0 aromatic heterocycles. The fraction of sp³-hybridized carbons (Fsp3) is 1.00. The van der Waals surface area contributed by atoms with E-state index in [-0.39, 0.29) is 0 Å². The Hall–Kier alpha value is -0.0800. The first-order valence-electron chi connectivity index (χ1n) is 10.1. The van der Waals surface area contributed by atoms with Crippen LogP contribution in [0.2, 0.25) is 0 Å². The summed E-state index contributed by atoms with van der Waals surface area (Å²) in [6, 6.07) is 0.494. The normalized spacial score (nSPS) is 26.5. The Kier molecular flexibility index (Phi) is 6.76. The van der Waals surface area contributed by atoms with Gasteiger partial charge in [0.25, 0.3) is 0 Å². The average Bonchev–Trinajstić information content (AvgIpc) is 2.44. The van der Waals surface area contributed by atoms with Crippen molar-refractivity contribution >= 4 is 0 Å². The van der Waals surface area contributed by atoms with Crippen LogP contribution < -0.4 is 5.73 Å². The number of nitrogens with zero attached hydrogens (tertiary/aromatic N) is 1. The molecule has 0 bridgehead atoms. The Balaban J connectivity index is 1.79. The Labute approximate surface area is 139 Å². The van der Waals surface area contributed by atoms with Gasteiger partial charge in [-0.2, -0.15) is 0 Å². The highest BCUT2D eigenvalue weighted by molar-refractivity contribution is 5.11. The zero-order valence-corrected chi connectivity index (χ0v) is 15.5. The van der Waals surface area contributed by atoms with Crippen molar-refractivity contribution < 1.29 is 0 Å². The third kappa shape index (κ3) is 4.06. The number of hydrogen-bond donors (Lipinski definition) is 1. The molecule has 2 atom stereocenters. The first kappa shape index (κ1) is 18.3. The minimum absolute atomic E-state index is 0.446. The van der Waals surface area contributed by atoms with Gasteiger partial charge in [-0.3, -0.25) is 4.90 Å². The highest BCUT2D eigenvalue weighted by Crippen LogP contribution is 2.51. The Morgan fingerprint density at radius 1 is 0.955 bits per heavy atom. The van der Waals surface area contributed by atoms with Gasteiger partial charge in [0.15, 0.2) is 0 Å². The second-order valence-electron chi connectivity index (χ2n) is 8.48. The van der Waals surface area contributed by atoms with Crippen LogP contribution in [0.5, 0.6) is 0 Å². The molecule has 2 rings (SSSR count). The van der Waals surface area contributed by atoms with E-state index in [1.165, 1.54) is 90.1 Å². The second-order valence-corrected chi connectivity index (χ2v) is 8.48. The van der Waals surface area contributed by atoms with Crippen LogP contribution in [-0.4, -0.2) is 29.6 Å². The summed E-state index contributed by atoms with van der Waals surface area (Å²) in [4.78, 5) is 2.79. The van der Waals surface area contributed by atoms with E-state index in [0.717, 1.165) is 0 Å². The van der Waals surface area contributed by atoms with Crippen molar-refractivity contribution in [2.45, 2.75) is 109 Å². The molecule has 2 aliphatic rings. The maximum Gasteiger partial charge on any atom is 0.0181 e. The maximum absolute atomic E-state index is 6.27. The lowest BCUT2D eigenvalue weighted by Gasteiger charge is -2.64. The summed E-state index contributed by atoms with van der Waals surface area (Å²) in [6.45, 7) is 9.72. The van der Waals surface area contributed by atoms with Crippen molar-refractivity contribution in [2.75, 3.05) is 13.1 Å². The monoisotopic (exact) mass is 308 g/mol. The van der Waals surface area contributed by atoms with Crippen LogP contribution in [0.15, 0.2) is 0 Å². The van der Waals surface area contributed by atoms with Crippen molar-refractivity contribution in [1.29, 1.82) is 0 Å². The number of likely N-dealkylation sites (tertiary alicyclic amines) is 1. The summed E-state index contributed by atoms with van der Waals surface area (Å²) in [7, 11) is 0. The van der Waals surface area contributed by atoms with Crippen molar-refractivity contribution in [3.63, 3.8) is 0 Å². The van der Waals surface area contributed by atoms with E-state index >= 15 is 0 Å². The van der Waals surface area contributed by atoms with Crippen molar-refractivity contribution in [1.82, 2.24) is 4.90 Å². The predicted octanol–water partition coefficient (Wildman–Crippen LogP) is 5.11. The van der Waals surface area contributed by atoms with E-state index in [9.17, 15) is 0 Å². The molecule has 0 aromatic rings. The van der Waals surface area contributed by atoms with Gasteiger partial charge in [-0.25, -0.2) is 0 Å². The molecule has 1 saturated carbocycles. The molecule has 1 aliphatic carbocycles. The van der Waals surface area contributed by atoms with Gasteiger partial charge >= 0.3 is 0 Å². The minimum atomic E-state index is 0.446. The number of rotatable bonds is 11. The zero-order valence-electron chi connectivity index (χ0n) is 15.5. The van der Waals surface area contributed by atoms with Gasteiger partial charge in [-0.15, -0.1) is 0 Å². The molecule has 1 saturated heterocycles. The number of nitrogens with two attached hydrogens (primary N) is 1. The van der Waals surface area contributed by atoms with Crippen LogP contribution in [0.4, 0.5) is 0 Å². The summed E-state index contributed by atoms with van der Waals surface area (Å²) in [5, 5.41) is 0. The first-order chi connectivity index (χ1) is 10.6. The fourth-order valence-corrected chi connectivity index (χ4v) is 4.51. The SMILES string of the molecule is CCCCCCCC(C)(CCCCC)N1CC2(CCC2N)C1. The van der Waals surface area contributed by atoms with E-state index in [1.54, 1.807) is 0 Å². The van der Waals surface area contributed by atoms with Gasteiger partial charge in [0.05, 0.1) is 0 Å². The maximum atomic E-state index is 6.27. The summed E-state index contributed by atoms with van der Waals surface area (Å²) in [6.07, 6.45) is 16.6. The smallest absolute Gasteiger partial charge is 0.0181 e. The summed E-state index contributed by atoms with van der Waals surface area (Å²) in [5.41, 5.74) is 7.24. The van der Waals surface area contributed by atoms with E-state index in [2.05, 4.69) is 25.7 Å². The molecular weight excluding hydrogens is 268 g/mol. The lowest BCUT2D eigenvalue weighted by molar-refractivity contribution is -0.132. The molecule has 2 fully saturated rings. The van der Waals surface area contributed by atoms with Crippen LogP contribution in [0.25, 0.3) is 0 Å². The van der Waals surface area contributed by atoms with Gasteiger partial charge in [-0.1, -0.05) is 65.2 Å². The molecule has 2 N–H and O–H groups in total. The van der Waals surface area contributed by atoms with Crippen LogP contribution in [-0.2, 0) is 0 Å². The Bertz CT molecular complexity index is 322. The summed E-state index contributed by atoms with van der Waals surface area (Å²) in [5.74, 6) is 0. The highest BCUT2D eigenvalue weighted by Gasteiger charge is 2.56. The number of hydrogen-bond acceptors (Lipinski definition) is 2. The van der Waals surface area contributed by atoms with E-state index < -0.39 is 0 Å². The molecule has 0 amide bonds. The molecule has 2 nitrogen and oxygen atoms in total. The molecule has 22 heavy (non-hydrogen) atoms. The van der Waals surface area contributed by atoms with Crippen molar-refractivity contribution in [3.8, 4) is 0 Å². The van der Waals surface area contributed by atoms with Gasteiger partial charge in [-0.05, 0) is 32.6 Å². The van der Waals surface area contributed by atoms with Crippen LogP contribution >= 0.6 is 0 Å². The van der Waals surface area contributed by atoms with E-state index in [1.807, 2.05) is 0 Å².